The van der Waals surface area contributed by atoms with Crippen LogP contribution >= 0.6 is 11.5 Å². The lowest BCUT2D eigenvalue weighted by atomic mass is 9.82. The van der Waals surface area contributed by atoms with Crippen LogP contribution in [0.5, 0.6) is 0 Å². The first-order chi connectivity index (χ1) is 8.36. The van der Waals surface area contributed by atoms with Crippen LogP contribution in [0.15, 0.2) is 0 Å². The Balaban J connectivity index is 1.67. The fourth-order valence-electron chi connectivity index (χ4n) is 2.97. The predicted molar refractivity (Wildman–Crippen MR) is 68.4 cm³/mol. The molecule has 1 aromatic heterocycles. The second kappa shape index (κ2) is 4.90. The van der Waals surface area contributed by atoms with Crippen LogP contribution in [0.3, 0.4) is 0 Å². The number of fused-ring (bicyclic) bond motifs is 1. The van der Waals surface area contributed by atoms with Crippen LogP contribution in [0.1, 0.15) is 38.4 Å². The molecule has 2 fully saturated rings. The first-order valence-electron chi connectivity index (χ1n) is 6.57. The van der Waals surface area contributed by atoms with Gasteiger partial charge < -0.3 is 10.1 Å². The van der Waals surface area contributed by atoms with Gasteiger partial charge in [0.15, 0.2) is 0 Å². The third-order valence-corrected chi connectivity index (χ3v) is 4.56. The molecule has 0 spiro atoms. The minimum Gasteiger partial charge on any atom is -0.378 e. The van der Waals surface area contributed by atoms with E-state index in [1.54, 1.807) is 0 Å². The molecule has 1 N–H and O–H groups in total. The molecule has 0 aromatic carbocycles. The molecule has 94 valence electrons. The monoisotopic (exact) mass is 253 g/mol. The van der Waals surface area contributed by atoms with Gasteiger partial charge in [-0.3, -0.25) is 0 Å². The summed E-state index contributed by atoms with van der Waals surface area (Å²) in [6, 6.07) is 0.536. The van der Waals surface area contributed by atoms with Gasteiger partial charge >= 0.3 is 0 Å². The molecule has 1 aliphatic carbocycles. The van der Waals surface area contributed by atoms with E-state index in [-0.39, 0.29) is 0 Å². The third-order valence-electron chi connectivity index (χ3n) is 3.87. The second-order valence-corrected chi connectivity index (χ2v) is 5.66. The third kappa shape index (κ3) is 2.31. The number of hydrogen-bond acceptors (Lipinski definition) is 5. The average Bonchev–Trinajstić information content (AvgIpc) is 2.97. The van der Waals surface area contributed by atoms with E-state index >= 15 is 0 Å². The number of aryl methyl sites for hydroxylation is 1. The number of nitrogens with one attached hydrogen (secondary N) is 1. The Morgan fingerprint density at radius 1 is 1.41 bits per heavy atom. The van der Waals surface area contributed by atoms with Crippen molar-refractivity contribution in [3.63, 3.8) is 0 Å². The normalized spacial score (nSPS) is 32.4. The summed E-state index contributed by atoms with van der Waals surface area (Å²) in [4.78, 5) is 4.49. The molecular formula is C12H19N3OS. The fraction of sp³-hybridized carbons (Fsp3) is 0.833. The standard InChI is InChI=1S/C12H19N3OS/c1-2-11-14-12(17-15-11)13-9-4-3-5-10-8(9)6-7-16-10/h8-10H,2-7H2,1H3,(H,13,14,15). The highest BCUT2D eigenvalue weighted by molar-refractivity contribution is 7.09. The molecule has 0 radical (unpaired) electrons. The van der Waals surface area contributed by atoms with E-state index in [0.717, 1.165) is 24.0 Å². The summed E-state index contributed by atoms with van der Waals surface area (Å²) in [5.74, 6) is 1.63. The Morgan fingerprint density at radius 2 is 2.35 bits per heavy atom. The summed E-state index contributed by atoms with van der Waals surface area (Å²) >= 11 is 1.49. The maximum Gasteiger partial charge on any atom is 0.202 e. The maximum atomic E-state index is 5.78. The SMILES string of the molecule is CCc1nsc(NC2CCCC3OCCC23)n1. The van der Waals surface area contributed by atoms with Crippen LogP contribution in [-0.2, 0) is 11.2 Å². The van der Waals surface area contributed by atoms with Gasteiger partial charge in [0.2, 0.25) is 5.13 Å². The van der Waals surface area contributed by atoms with Crippen LogP contribution in [-0.4, -0.2) is 28.1 Å². The molecule has 2 heterocycles. The molecule has 2 aliphatic rings. The van der Waals surface area contributed by atoms with Gasteiger partial charge in [0, 0.05) is 36.5 Å². The van der Waals surface area contributed by atoms with Crippen LogP contribution < -0.4 is 5.32 Å². The van der Waals surface area contributed by atoms with E-state index in [9.17, 15) is 0 Å². The first-order valence-corrected chi connectivity index (χ1v) is 7.35. The van der Waals surface area contributed by atoms with Gasteiger partial charge in [-0.25, -0.2) is 4.98 Å². The average molecular weight is 253 g/mol. The van der Waals surface area contributed by atoms with Crippen LogP contribution in [0.25, 0.3) is 0 Å². The Labute approximate surface area is 106 Å². The number of ether oxygens (including phenoxy) is 1. The summed E-state index contributed by atoms with van der Waals surface area (Å²) < 4.78 is 10.1. The molecule has 3 unspecified atom stereocenters. The van der Waals surface area contributed by atoms with Crippen molar-refractivity contribution in [3.8, 4) is 0 Å². The number of anilines is 1. The van der Waals surface area contributed by atoms with Crippen LogP contribution in [0.4, 0.5) is 5.13 Å². The molecule has 1 aromatic rings. The highest BCUT2D eigenvalue weighted by Crippen LogP contribution is 2.36. The molecular weight excluding hydrogens is 234 g/mol. The number of hydrogen-bond donors (Lipinski definition) is 1. The van der Waals surface area contributed by atoms with Gasteiger partial charge in [0.1, 0.15) is 5.82 Å². The van der Waals surface area contributed by atoms with Crippen LogP contribution in [0.2, 0.25) is 0 Å². The molecule has 5 heteroatoms. The Hall–Kier alpha value is -0.680. The zero-order valence-corrected chi connectivity index (χ0v) is 11.0. The highest BCUT2D eigenvalue weighted by Gasteiger charge is 2.37. The fourth-order valence-corrected chi connectivity index (χ4v) is 3.68. The highest BCUT2D eigenvalue weighted by atomic mass is 32.1. The molecule has 1 saturated carbocycles. The van der Waals surface area contributed by atoms with Gasteiger partial charge in [-0.05, 0) is 25.7 Å². The summed E-state index contributed by atoms with van der Waals surface area (Å²) in [6.45, 7) is 3.02. The molecule has 0 amide bonds. The molecule has 3 rings (SSSR count). The van der Waals surface area contributed by atoms with Gasteiger partial charge in [0.05, 0.1) is 6.10 Å². The van der Waals surface area contributed by atoms with Gasteiger partial charge in [-0.1, -0.05) is 6.92 Å². The van der Waals surface area contributed by atoms with Crippen molar-refractivity contribution >= 4 is 16.7 Å². The topological polar surface area (TPSA) is 47.0 Å². The van der Waals surface area contributed by atoms with Crippen molar-refractivity contribution in [2.24, 2.45) is 5.92 Å². The summed E-state index contributed by atoms with van der Waals surface area (Å²) in [5, 5.41) is 4.56. The van der Waals surface area contributed by atoms with Gasteiger partial charge in [-0.15, -0.1) is 0 Å². The van der Waals surface area contributed by atoms with Crippen molar-refractivity contribution in [2.45, 2.75) is 51.2 Å². The summed E-state index contributed by atoms with van der Waals surface area (Å²) in [6.07, 6.45) is 6.34. The van der Waals surface area contributed by atoms with E-state index in [4.69, 9.17) is 4.74 Å². The van der Waals surface area contributed by atoms with Crippen molar-refractivity contribution in [1.82, 2.24) is 9.36 Å². The minimum absolute atomic E-state index is 0.486. The van der Waals surface area contributed by atoms with Crippen molar-refractivity contribution in [3.05, 3.63) is 5.82 Å². The molecule has 0 bridgehead atoms. The lowest BCUT2D eigenvalue weighted by Crippen LogP contribution is -2.38. The Morgan fingerprint density at radius 3 is 3.18 bits per heavy atom. The van der Waals surface area contributed by atoms with Gasteiger partial charge in [0.25, 0.3) is 0 Å². The number of aromatic nitrogens is 2. The second-order valence-electron chi connectivity index (χ2n) is 4.91. The number of rotatable bonds is 3. The summed E-state index contributed by atoms with van der Waals surface area (Å²) in [5.41, 5.74) is 0. The Kier molecular flexibility index (Phi) is 3.29. The molecule has 3 atom stereocenters. The zero-order chi connectivity index (χ0) is 11.7. The van der Waals surface area contributed by atoms with Crippen molar-refractivity contribution < 1.29 is 4.74 Å². The maximum absolute atomic E-state index is 5.78. The van der Waals surface area contributed by atoms with Crippen molar-refractivity contribution in [2.75, 3.05) is 11.9 Å². The van der Waals surface area contributed by atoms with E-state index in [0.29, 0.717) is 18.1 Å². The quantitative estimate of drug-likeness (QED) is 0.899. The zero-order valence-electron chi connectivity index (χ0n) is 10.2. The largest absolute Gasteiger partial charge is 0.378 e. The van der Waals surface area contributed by atoms with Gasteiger partial charge in [-0.2, -0.15) is 4.37 Å². The predicted octanol–water partition coefficient (Wildman–Crippen LogP) is 2.47. The lowest BCUT2D eigenvalue weighted by molar-refractivity contribution is 0.0620. The molecule has 17 heavy (non-hydrogen) atoms. The summed E-state index contributed by atoms with van der Waals surface area (Å²) in [7, 11) is 0. The molecule has 1 aliphatic heterocycles. The van der Waals surface area contributed by atoms with E-state index < -0.39 is 0 Å². The Bertz CT molecular complexity index is 382. The minimum atomic E-state index is 0.486. The van der Waals surface area contributed by atoms with E-state index in [1.165, 1.54) is 37.2 Å². The van der Waals surface area contributed by atoms with E-state index in [1.807, 2.05) is 0 Å². The van der Waals surface area contributed by atoms with Crippen molar-refractivity contribution in [1.29, 1.82) is 0 Å². The number of nitrogens with zero attached hydrogens (tertiary/aromatic N) is 2. The first kappa shape index (κ1) is 11.4. The molecule has 4 nitrogen and oxygen atoms in total. The smallest absolute Gasteiger partial charge is 0.202 e. The molecule has 1 saturated heterocycles. The van der Waals surface area contributed by atoms with E-state index in [2.05, 4.69) is 21.6 Å². The lowest BCUT2D eigenvalue weighted by Gasteiger charge is -2.32. The van der Waals surface area contributed by atoms with Crippen LogP contribution in [0, 0.1) is 5.92 Å².